The van der Waals surface area contributed by atoms with E-state index in [0.29, 0.717) is 0 Å². The molecule has 6 rings (SSSR count). The van der Waals surface area contributed by atoms with Gasteiger partial charge in [-0.2, -0.15) is 0 Å². The number of hydrogen-bond donors (Lipinski definition) is 0. The van der Waals surface area contributed by atoms with E-state index in [0.717, 1.165) is 0 Å². The quantitative estimate of drug-likeness (QED) is 0.274. The summed E-state index contributed by atoms with van der Waals surface area (Å²) < 4.78 is 0. The first-order chi connectivity index (χ1) is 14.4. The van der Waals surface area contributed by atoms with Crippen LogP contribution in [-0.2, 0) is 0 Å². The van der Waals surface area contributed by atoms with Gasteiger partial charge >= 0.3 is 0 Å². The third-order valence-corrected chi connectivity index (χ3v) is 6.83. The molecule has 0 spiro atoms. The summed E-state index contributed by atoms with van der Waals surface area (Å²) in [6.45, 7) is 0. The highest BCUT2D eigenvalue weighted by atomic mass is 32.2. The zero-order chi connectivity index (χ0) is 19.2. The molecule has 5 aromatic rings. The van der Waals surface area contributed by atoms with Crippen molar-refractivity contribution in [3.63, 3.8) is 0 Å². The van der Waals surface area contributed by atoms with E-state index in [1.165, 1.54) is 53.9 Å². The van der Waals surface area contributed by atoms with E-state index in [4.69, 9.17) is 0 Å². The van der Waals surface area contributed by atoms with E-state index in [2.05, 4.69) is 109 Å². The van der Waals surface area contributed by atoms with E-state index < -0.39 is 0 Å². The van der Waals surface area contributed by atoms with Crippen molar-refractivity contribution in [2.45, 2.75) is 9.79 Å². The van der Waals surface area contributed by atoms with Crippen molar-refractivity contribution in [1.82, 2.24) is 0 Å². The summed E-state index contributed by atoms with van der Waals surface area (Å²) in [5, 5.41) is 2.56. The highest BCUT2D eigenvalue weighted by Gasteiger charge is 2.19. The zero-order valence-electron chi connectivity index (χ0n) is 15.8. The van der Waals surface area contributed by atoms with Crippen LogP contribution in [0.3, 0.4) is 0 Å². The Balaban J connectivity index is 1.57. The highest BCUT2D eigenvalue weighted by Crippen LogP contribution is 2.48. The first-order valence-electron chi connectivity index (χ1n) is 9.87. The molecule has 0 aliphatic carbocycles. The number of benzene rings is 5. The van der Waals surface area contributed by atoms with E-state index in [-0.39, 0.29) is 0 Å². The molecule has 1 aliphatic heterocycles. The van der Waals surface area contributed by atoms with Gasteiger partial charge in [0.1, 0.15) is 0 Å². The molecule has 0 radical (unpaired) electrons. The van der Waals surface area contributed by atoms with Crippen LogP contribution in [0.1, 0.15) is 0 Å². The first-order valence-corrected chi connectivity index (χ1v) is 10.7. The Bertz CT molecular complexity index is 1380. The Kier molecular flexibility index (Phi) is 3.82. The third kappa shape index (κ3) is 2.78. The van der Waals surface area contributed by atoms with Crippen molar-refractivity contribution in [1.29, 1.82) is 0 Å². The second-order valence-corrected chi connectivity index (χ2v) is 8.50. The SMILES string of the molecule is c1ccc2c(c1)Sc1ccc(-c3ccc4ccccc4c3)cc1-c1ccccc1-2. The van der Waals surface area contributed by atoms with Gasteiger partial charge in [0.15, 0.2) is 0 Å². The zero-order valence-corrected chi connectivity index (χ0v) is 16.6. The van der Waals surface area contributed by atoms with Crippen LogP contribution < -0.4 is 0 Å². The lowest BCUT2D eigenvalue weighted by atomic mass is 9.92. The minimum Gasteiger partial charge on any atom is -0.0888 e. The summed E-state index contributed by atoms with van der Waals surface area (Å²) in [4.78, 5) is 2.63. The Labute approximate surface area is 174 Å². The molecule has 0 aromatic heterocycles. The van der Waals surface area contributed by atoms with E-state index in [9.17, 15) is 0 Å². The van der Waals surface area contributed by atoms with Gasteiger partial charge in [-0.05, 0) is 68.4 Å². The fourth-order valence-corrected chi connectivity index (χ4v) is 5.31. The lowest BCUT2D eigenvalue weighted by molar-refractivity contribution is 1.44. The van der Waals surface area contributed by atoms with E-state index in [1.54, 1.807) is 0 Å². The van der Waals surface area contributed by atoms with Crippen LogP contribution >= 0.6 is 11.8 Å². The van der Waals surface area contributed by atoms with Crippen molar-refractivity contribution < 1.29 is 0 Å². The summed E-state index contributed by atoms with van der Waals surface area (Å²) in [5.74, 6) is 0. The molecule has 1 heteroatoms. The molecule has 0 nitrogen and oxygen atoms in total. The summed E-state index contributed by atoms with van der Waals surface area (Å²) in [6, 6.07) is 39.7. The van der Waals surface area contributed by atoms with E-state index >= 15 is 0 Å². The van der Waals surface area contributed by atoms with Gasteiger partial charge in [0.05, 0.1) is 0 Å². The highest BCUT2D eigenvalue weighted by molar-refractivity contribution is 7.99. The maximum atomic E-state index is 2.36. The topological polar surface area (TPSA) is 0 Å². The molecule has 29 heavy (non-hydrogen) atoms. The molecule has 0 N–H and O–H groups in total. The number of hydrogen-bond acceptors (Lipinski definition) is 1. The Hall–Kier alpha value is -3.29. The normalized spacial score (nSPS) is 12.0. The predicted octanol–water partition coefficient (Wildman–Crippen LogP) is 8.31. The molecule has 0 unspecified atom stereocenters. The molecule has 5 aromatic carbocycles. The summed E-state index contributed by atoms with van der Waals surface area (Å²) in [7, 11) is 0. The molecular formula is C28H18S. The Morgan fingerprint density at radius 1 is 0.379 bits per heavy atom. The Morgan fingerprint density at radius 2 is 0.966 bits per heavy atom. The molecule has 0 fully saturated rings. The van der Waals surface area contributed by atoms with Crippen LogP contribution in [0.15, 0.2) is 119 Å². The molecule has 0 bridgehead atoms. The number of rotatable bonds is 1. The smallest absolute Gasteiger partial charge is 0.0201 e. The van der Waals surface area contributed by atoms with Gasteiger partial charge in [0.2, 0.25) is 0 Å². The fourth-order valence-electron chi connectivity index (χ4n) is 4.23. The molecule has 1 heterocycles. The average Bonchev–Trinajstić information content (AvgIpc) is 2.93. The molecular weight excluding hydrogens is 368 g/mol. The molecule has 0 amide bonds. The van der Waals surface area contributed by atoms with Crippen molar-refractivity contribution in [3.8, 4) is 33.4 Å². The van der Waals surface area contributed by atoms with Gasteiger partial charge in [0.25, 0.3) is 0 Å². The summed E-state index contributed by atoms with van der Waals surface area (Å²) >= 11 is 1.87. The summed E-state index contributed by atoms with van der Waals surface area (Å²) in [5.41, 5.74) is 7.77. The van der Waals surface area contributed by atoms with Crippen molar-refractivity contribution >= 4 is 22.5 Å². The van der Waals surface area contributed by atoms with Crippen LogP contribution in [0.2, 0.25) is 0 Å². The monoisotopic (exact) mass is 386 g/mol. The molecule has 0 saturated heterocycles. The van der Waals surface area contributed by atoms with Gasteiger partial charge in [-0.1, -0.05) is 96.7 Å². The molecule has 0 saturated carbocycles. The van der Waals surface area contributed by atoms with Crippen LogP contribution in [0, 0.1) is 0 Å². The van der Waals surface area contributed by atoms with Gasteiger partial charge in [-0.15, -0.1) is 0 Å². The lowest BCUT2D eigenvalue weighted by Gasteiger charge is -2.12. The van der Waals surface area contributed by atoms with Crippen molar-refractivity contribution in [2.75, 3.05) is 0 Å². The summed E-state index contributed by atoms with van der Waals surface area (Å²) in [6.07, 6.45) is 0. The third-order valence-electron chi connectivity index (χ3n) is 5.68. The van der Waals surface area contributed by atoms with Crippen molar-refractivity contribution in [2.24, 2.45) is 0 Å². The lowest BCUT2D eigenvalue weighted by Crippen LogP contribution is -1.86. The minimum absolute atomic E-state index is 1.26. The fraction of sp³-hybridized carbons (Fsp3) is 0. The minimum atomic E-state index is 1.26. The van der Waals surface area contributed by atoms with Crippen LogP contribution in [0.4, 0.5) is 0 Å². The predicted molar refractivity (Wildman–Crippen MR) is 124 cm³/mol. The second kappa shape index (κ2) is 6.65. The van der Waals surface area contributed by atoms with Crippen LogP contribution in [0.5, 0.6) is 0 Å². The largest absolute Gasteiger partial charge is 0.0888 e. The second-order valence-electron chi connectivity index (χ2n) is 7.42. The van der Waals surface area contributed by atoms with Gasteiger partial charge in [-0.3, -0.25) is 0 Å². The van der Waals surface area contributed by atoms with Crippen LogP contribution in [-0.4, -0.2) is 0 Å². The maximum absolute atomic E-state index is 2.36. The first kappa shape index (κ1) is 16.6. The van der Waals surface area contributed by atoms with Gasteiger partial charge < -0.3 is 0 Å². The Morgan fingerprint density at radius 3 is 1.83 bits per heavy atom. The molecule has 1 aliphatic rings. The van der Waals surface area contributed by atoms with Gasteiger partial charge in [-0.25, -0.2) is 0 Å². The van der Waals surface area contributed by atoms with Crippen molar-refractivity contribution in [3.05, 3.63) is 109 Å². The number of fused-ring (bicyclic) bond motifs is 6. The maximum Gasteiger partial charge on any atom is 0.0201 e. The van der Waals surface area contributed by atoms with Crippen LogP contribution in [0.25, 0.3) is 44.2 Å². The molecule has 136 valence electrons. The molecule has 0 atom stereocenters. The standard InChI is InChI=1S/C28H18S/c1-2-8-20-17-21(14-13-19(20)7-1)22-15-16-28-26(18-22)24-10-4-3-9-23(24)25-11-5-6-12-27(25)29-28/h1-18H. The average molecular weight is 387 g/mol. The van der Waals surface area contributed by atoms with Gasteiger partial charge in [0, 0.05) is 9.79 Å². The van der Waals surface area contributed by atoms with E-state index in [1.807, 2.05) is 11.8 Å².